The van der Waals surface area contributed by atoms with Crippen molar-refractivity contribution in [2.24, 2.45) is 0 Å². The van der Waals surface area contributed by atoms with Gasteiger partial charge in [0.1, 0.15) is 8.07 Å². The van der Waals surface area contributed by atoms with Crippen LogP contribution in [0.5, 0.6) is 0 Å². The van der Waals surface area contributed by atoms with Crippen LogP contribution < -0.4 is 5.19 Å². The van der Waals surface area contributed by atoms with E-state index in [1.165, 1.54) is 46.1 Å². The molecule has 0 bridgehead atoms. The maximum Gasteiger partial charge on any atom is 0.108 e. The molecule has 0 N–H and O–H groups in total. The predicted molar refractivity (Wildman–Crippen MR) is 121 cm³/mol. The SMILES string of the molecule is C=C[Si]1(c2c(-c3ccccc3)ccc3ccccc23)CCC[Si](C)(C)C1. The lowest BCUT2D eigenvalue weighted by molar-refractivity contribution is 0.988. The van der Waals surface area contributed by atoms with Gasteiger partial charge in [0, 0.05) is 8.07 Å². The first-order chi connectivity index (χ1) is 12.5. The maximum atomic E-state index is 4.42. The minimum absolute atomic E-state index is 1.15. The molecular weight excluding hydrogens is 344 g/mol. The first kappa shape index (κ1) is 17.5. The molecule has 1 aliphatic heterocycles. The Morgan fingerprint density at radius 3 is 2.31 bits per heavy atom. The maximum absolute atomic E-state index is 4.42. The van der Waals surface area contributed by atoms with Crippen LogP contribution in [0.25, 0.3) is 21.9 Å². The zero-order valence-corrected chi connectivity index (χ0v) is 18.0. The van der Waals surface area contributed by atoms with Crippen molar-refractivity contribution in [1.29, 1.82) is 0 Å². The summed E-state index contributed by atoms with van der Waals surface area (Å²) in [5, 5.41) is 4.49. The second kappa shape index (κ2) is 6.68. The van der Waals surface area contributed by atoms with Gasteiger partial charge in [0.05, 0.1) is 0 Å². The molecule has 1 saturated heterocycles. The minimum Gasteiger partial charge on any atom is -0.107 e. The molecule has 1 atom stereocenters. The number of fused-ring (bicyclic) bond motifs is 1. The van der Waals surface area contributed by atoms with Gasteiger partial charge in [-0.1, -0.05) is 110 Å². The normalized spacial score (nSPS) is 22.2. The van der Waals surface area contributed by atoms with Gasteiger partial charge in [0.15, 0.2) is 0 Å². The fourth-order valence-electron chi connectivity index (χ4n) is 5.07. The van der Waals surface area contributed by atoms with E-state index >= 15 is 0 Å². The second-order valence-corrected chi connectivity index (χ2v) is 18.6. The van der Waals surface area contributed by atoms with E-state index in [2.05, 4.69) is 92.1 Å². The lowest BCUT2D eigenvalue weighted by Crippen LogP contribution is -2.55. The molecule has 0 amide bonds. The molecule has 1 aliphatic rings. The quantitative estimate of drug-likeness (QED) is 0.458. The highest BCUT2D eigenvalue weighted by molar-refractivity contribution is 7.08. The van der Waals surface area contributed by atoms with Crippen LogP contribution in [0, 0.1) is 0 Å². The summed E-state index contributed by atoms with van der Waals surface area (Å²) in [4.78, 5) is 0. The summed E-state index contributed by atoms with van der Waals surface area (Å²) in [5.41, 5.74) is 6.67. The Bertz CT molecular complexity index is 943. The van der Waals surface area contributed by atoms with Gasteiger partial charge in [0.2, 0.25) is 0 Å². The molecule has 4 rings (SSSR count). The van der Waals surface area contributed by atoms with Crippen molar-refractivity contribution in [3.63, 3.8) is 0 Å². The van der Waals surface area contributed by atoms with Gasteiger partial charge in [-0.2, -0.15) is 0 Å². The van der Waals surface area contributed by atoms with Crippen LogP contribution in [-0.4, -0.2) is 16.1 Å². The zero-order chi connectivity index (χ0) is 18.2. The fraction of sp³-hybridized carbons (Fsp3) is 0.250. The average molecular weight is 373 g/mol. The summed E-state index contributed by atoms with van der Waals surface area (Å²) in [7, 11) is -2.88. The van der Waals surface area contributed by atoms with Crippen molar-refractivity contribution in [1.82, 2.24) is 0 Å². The van der Waals surface area contributed by atoms with Crippen LogP contribution >= 0.6 is 0 Å². The van der Waals surface area contributed by atoms with Crippen LogP contribution in [0.15, 0.2) is 79.0 Å². The topological polar surface area (TPSA) is 0 Å². The number of hydrogen-bond acceptors (Lipinski definition) is 0. The highest BCUT2D eigenvalue weighted by Gasteiger charge is 2.44. The Labute approximate surface area is 159 Å². The van der Waals surface area contributed by atoms with Crippen LogP contribution in [0.2, 0.25) is 30.8 Å². The molecule has 0 aliphatic carbocycles. The first-order valence-electron chi connectivity index (χ1n) is 9.76. The van der Waals surface area contributed by atoms with E-state index in [4.69, 9.17) is 0 Å². The van der Waals surface area contributed by atoms with Gasteiger partial charge in [0.25, 0.3) is 0 Å². The number of benzene rings is 3. The van der Waals surface area contributed by atoms with Crippen LogP contribution in [0.3, 0.4) is 0 Å². The first-order valence-corrected chi connectivity index (χ1v) is 15.7. The molecule has 132 valence electrons. The molecule has 0 nitrogen and oxygen atoms in total. The largest absolute Gasteiger partial charge is 0.108 e. The van der Waals surface area contributed by atoms with Gasteiger partial charge in [-0.25, -0.2) is 0 Å². The van der Waals surface area contributed by atoms with Gasteiger partial charge in [-0.05, 0) is 27.1 Å². The van der Waals surface area contributed by atoms with Crippen molar-refractivity contribution in [3.05, 3.63) is 79.0 Å². The minimum atomic E-state index is -1.73. The van der Waals surface area contributed by atoms with Gasteiger partial charge < -0.3 is 0 Å². The van der Waals surface area contributed by atoms with E-state index in [9.17, 15) is 0 Å². The van der Waals surface area contributed by atoms with E-state index in [-0.39, 0.29) is 0 Å². The Balaban J connectivity index is 2.04. The van der Waals surface area contributed by atoms with Gasteiger partial charge >= 0.3 is 0 Å². The van der Waals surface area contributed by atoms with Gasteiger partial charge in [-0.3, -0.25) is 0 Å². The summed E-state index contributed by atoms with van der Waals surface area (Å²) in [6, 6.07) is 27.5. The van der Waals surface area contributed by atoms with Crippen molar-refractivity contribution < 1.29 is 0 Å². The lowest BCUT2D eigenvalue weighted by Gasteiger charge is -2.42. The molecular formula is C24H28Si2. The third-order valence-corrected chi connectivity index (χ3v) is 17.8. The van der Waals surface area contributed by atoms with Crippen molar-refractivity contribution in [3.8, 4) is 11.1 Å². The van der Waals surface area contributed by atoms with Gasteiger partial charge in [-0.15, -0.1) is 6.58 Å². The van der Waals surface area contributed by atoms with Crippen molar-refractivity contribution in [2.45, 2.75) is 37.3 Å². The molecule has 2 heteroatoms. The summed E-state index contributed by atoms with van der Waals surface area (Å²) >= 11 is 0. The van der Waals surface area contributed by atoms with E-state index < -0.39 is 16.1 Å². The molecule has 3 aromatic rings. The van der Waals surface area contributed by atoms with E-state index in [1.54, 1.807) is 5.19 Å². The Morgan fingerprint density at radius 1 is 0.846 bits per heavy atom. The fourth-order valence-corrected chi connectivity index (χ4v) is 19.1. The van der Waals surface area contributed by atoms with Crippen molar-refractivity contribution in [2.75, 3.05) is 0 Å². The van der Waals surface area contributed by atoms with Crippen molar-refractivity contribution >= 4 is 32.1 Å². The Kier molecular flexibility index (Phi) is 4.49. The zero-order valence-electron chi connectivity index (χ0n) is 16.0. The molecule has 1 heterocycles. The monoisotopic (exact) mass is 372 g/mol. The van der Waals surface area contributed by atoms with E-state index in [1.807, 2.05) is 0 Å². The highest BCUT2D eigenvalue weighted by atomic mass is 28.4. The third kappa shape index (κ3) is 3.02. The lowest BCUT2D eigenvalue weighted by atomic mass is 10.0. The standard InChI is InChI=1S/C24H28Si2/c1-4-26(18-10-17-25(2,3)19-26)24-22-14-9-8-13-21(22)15-16-23(24)20-11-6-5-7-12-20/h4-9,11-16H,1,10,17-19H2,2-3H3. The third-order valence-electron chi connectivity index (χ3n) is 6.17. The summed E-state index contributed by atoms with van der Waals surface area (Å²) in [6.45, 7) is 9.60. The average Bonchev–Trinajstić information content (AvgIpc) is 2.67. The number of hydrogen-bond donors (Lipinski definition) is 0. The van der Waals surface area contributed by atoms with Crippen LogP contribution in [0.1, 0.15) is 6.42 Å². The molecule has 1 fully saturated rings. The second-order valence-electron chi connectivity index (χ2n) is 8.63. The molecule has 1 unspecified atom stereocenters. The molecule has 0 aromatic heterocycles. The molecule has 0 saturated carbocycles. The van der Waals surface area contributed by atoms with Crippen LogP contribution in [0.4, 0.5) is 0 Å². The molecule has 0 radical (unpaired) electrons. The molecule has 3 aromatic carbocycles. The predicted octanol–water partition coefficient (Wildman–Crippen LogP) is 6.54. The molecule has 26 heavy (non-hydrogen) atoms. The Morgan fingerprint density at radius 2 is 1.58 bits per heavy atom. The summed E-state index contributed by atoms with van der Waals surface area (Å²) in [5.74, 6) is 0. The summed E-state index contributed by atoms with van der Waals surface area (Å²) in [6.07, 6.45) is 1.38. The highest BCUT2D eigenvalue weighted by Crippen LogP contribution is 2.39. The van der Waals surface area contributed by atoms with Crippen LogP contribution in [-0.2, 0) is 0 Å². The molecule has 0 spiro atoms. The number of rotatable bonds is 3. The summed E-state index contributed by atoms with van der Waals surface area (Å²) < 4.78 is 0. The van der Waals surface area contributed by atoms with E-state index in [0.29, 0.717) is 0 Å². The Hall–Kier alpha value is -1.91. The van der Waals surface area contributed by atoms with E-state index in [0.717, 1.165) is 0 Å². The smallest absolute Gasteiger partial charge is 0.107 e.